The largest absolute Gasteiger partial charge is 0.489 e. The molecule has 1 aliphatic heterocycles. The number of amides is 1. The number of carboxylic acid groups (broad SMARTS) is 2. The first kappa shape index (κ1) is 29.5. The van der Waals surface area contributed by atoms with E-state index in [-0.39, 0.29) is 30.3 Å². The minimum atomic E-state index is -1.26. The molecule has 0 aromatic heterocycles. The van der Waals surface area contributed by atoms with Gasteiger partial charge in [0.05, 0.1) is 5.71 Å². The van der Waals surface area contributed by atoms with Crippen molar-refractivity contribution in [3.05, 3.63) is 71.6 Å². The molecule has 11 heteroatoms. The number of ether oxygens (including phenoxy) is 1. The summed E-state index contributed by atoms with van der Waals surface area (Å²) in [6.45, 7) is 4.51. The number of nitrogens with one attached hydrogen (secondary N) is 1. The number of aliphatic hydroxyl groups excluding tert-OH is 1. The van der Waals surface area contributed by atoms with Gasteiger partial charge in [-0.2, -0.15) is 10.1 Å². The van der Waals surface area contributed by atoms with Crippen LogP contribution in [0, 0.1) is 11.7 Å². The van der Waals surface area contributed by atoms with Gasteiger partial charge < -0.3 is 25.4 Å². The highest BCUT2D eigenvalue weighted by molar-refractivity contribution is 6.11. The maximum absolute atomic E-state index is 13.9. The molecular formula is C28H32FN3O7. The average Bonchev–Trinajstić information content (AvgIpc) is 2.89. The van der Waals surface area contributed by atoms with Gasteiger partial charge in [0.25, 0.3) is 0 Å². The van der Waals surface area contributed by atoms with Crippen LogP contribution in [0.1, 0.15) is 37.8 Å². The predicted octanol–water partition coefficient (Wildman–Crippen LogP) is 2.98. The Morgan fingerprint density at radius 3 is 2.54 bits per heavy atom. The van der Waals surface area contributed by atoms with Crippen LogP contribution in [0.5, 0.6) is 5.75 Å². The summed E-state index contributed by atoms with van der Waals surface area (Å²) in [5, 5.41) is 35.0. The number of fused-ring (bicyclic) bond motifs is 3. The molecule has 0 saturated heterocycles. The minimum Gasteiger partial charge on any atom is -0.489 e. The number of carbonyl (C=O) groups is 3. The highest BCUT2D eigenvalue weighted by atomic mass is 19.1. The normalized spacial score (nSPS) is 17.1. The van der Waals surface area contributed by atoms with Crippen molar-refractivity contribution in [1.29, 1.82) is 0 Å². The lowest BCUT2D eigenvalue weighted by atomic mass is 9.79. The van der Waals surface area contributed by atoms with Gasteiger partial charge in [-0.1, -0.05) is 32.0 Å². The molecule has 0 spiro atoms. The van der Waals surface area contributed by atoms with Crippen molar-refractivity contribution in [2.24, 2.45) is 11.0 Å². The van der Waals surface area contributed by atoms with Gasteiger partial charge >= 0.3 is 11.9 Å². The van der Waals surface area contributed by atoms with Gasteiger partial charge in [0.2, 0.25) is 5.91 Å². The Balaban J connectivity index is 0.000000459. The Labute approximate surface area is 225 Å². The van der Waals surface area contributed by atoms with E-state index in [9.17, 15) is 23.9 Å². The molecule has 0 fully saturated rings. The summed E-state index contributed by atoms with van der Waals surface area (Å²) in [7, 11) is 0. The van der Waals surface area contributed by atoms with Crippen LogP contribution in [0.3, 0.4) is 0 Å². The zero-order valence-corrected chi connectivity index (χ0v) is 21.7. The Morgan fingerprint density at radius 1 is 1.18 bits per heavy atom. The second kappa shape index (κ2) is 13.6. The van der Waals surface area contributed by atoms with E-state index in [2.05, 4.69) is 10.4 Å². The van der Waals surface area contributed by atoms with Crippen molar-refractivity contribution in [2.75, 3.05) is 18.2 Å². The smallest absolute Gasteiger partial charge is 0.328 e. The molecule has 1 amide bonds. The number of benzene rings is 2. The number of aryl methyl sites for hydroxylation is 1. The van der Waals surface area contributed by atoms with E-state index < -0.39 is 18.0 Å². The lowest BCUT2D eigenvalue weighted by Crippen LogP contribution is -2.40. The standard InChI is InChI=1S/C24H28FN3O3.C4H4O4/c1-15(2)26-13-19(29)14-31-22-6-4-3-5-21(22)28-23(30)11-17-8-7-16-9-10-18(25)12-20(16)24(17)27-28;5-3(6)1-2-4(7)8/h3-6,9-10,12,15,17,19,26,29H,7-8,11,13-14H2,1-2H3;1-2H,(H,5,6)(H,7,8)/b;2-1-. The summed E-state index contributed by atoms with van der Waals surface area (Å²) in [5.74, 6) is -2.47. The quantitative estimate of drug-likeness (QED) is 0.354. The summed E-state index contributed by atoms with van der Waals surface area (Å²) in [6, 6.07) is 12.2. The average molecular weight is 542 g/mol. The number of nitrogens with zero attached hydrogens (tertiary/aromatic N) is 2. The molecule has 0 saturated carbocycles. The first-order valence-corrected chi connectivity index (χ1v) is 12.5. The molecule has 39 heavy (non-hydrogen) atoms. The molecule has 2 atom stereocenters. The Kier molecular flexibility index (Phi) is 10.3. The van der Waals surface area contributed by atoms with Gasteiger partial charge in [0, 0.05) is 42.6 Å². The molecular weight excluding hydrogens is 509 g/mol. The third-order valence-corrected chi connectivity index (χ3v) is 6.02. The van der Waals surface area contributed by atoms with Crippen molar-refractivity contribution in [1.82, 2.24) is 5.32 Å². The molecule has 10 nitrogen and oxygen atoms in total. The summed E-state index contributed by atoms with van der Waals surface area (Å²) < 4.78 is 19.8. The number of para-hydroxylation sites is 2. The van der Waals surface area contributed by atoms with Crippen LogP contribution in [-0.2, 0) is 20.8 Å². The van der Waals surface area contributed by atoms with E-state index in [0.717, 1.165) is 29.7 Å². The number of rotatable bonds is 9. The fraction of sp³-hybridized carbons (Fsp3) is 0.357. The summed E-state index contributed by atoms with van der Waals surface area (Å²) >= 11 is 0. The number of halogens is 1. The summed E-state index contributed by atoms with van der Waals surface area (Å²) in [5.41, 5.74) is 3.10. The maximum Gasteiger partial charge on any atom is 0.328 e. The lowest BCUT2D eigenvalue weighted by molar-refractivity contribution is -0.134. The van der Waals surface area contributed by atoms with Crippen LogP contribution < -0.4 is 15.1 Å². The van der Waals surface area contributed by atoms with Crippen molar-refractivity contribution in [3.8, 4) is 5.75 Å². The van der Waals surface area contributed by atoms with Crippen molar-refractivity contribution in [3.63, 3.8) is 0 Å². The number of aliphatic hydroxyl groups is 1. The fourth-order valence-corrected chi connectivity index (χ4v) is 4.19. The van der Waals surface area contributed by atoms with Crippen LogP contribution in [0.4, 0.5) is 10.1 Å². The number of carboxylic acids is 2. The van der Waals surface area contributed by atoms with Crippen molar-refractivity contribution < 1.29 is 38.8 Å². The van der Waals surface area contributed by atoms with Gasteiger partial charge in [0.15, 0.2) is 0 Å². The molecule has 1 aliphatic carbocycles. The van der Waals surface area contributed by atoms with Crippen molar-refractivity contribution >= 4 is 29.2 Å². The van der Waals surface area contributed by atoms with Gasteiger partial charge in [-0.3, -0.25) is 4.79 Å². The topological polar surface area (TPSA) is 149 Å². The molecule has 2 unspecified atom stereocenters. The van der Waals surface area contributed by atoms with Gasteiger partial charge in [-0.25, -0.2) is 14.0 Å². The lowest BCUT2D eigenvalue weighted by Gasteiger charge is -2.33. The number of hydrazone groups is 1. The van der Waals surface area contributed by atoms with Crippen LogP contribution in [0.25, 0.3) is 0 Å². The van der Waals surface area contributed by atoms with E-state index in [1.165, 1.54) is 17.1 Å². The van der Waals surface area contributed by atoms with Crippen LogP contribution in [-0.4, -0.2) is 64.2 Å². The Morgan fingerprint density at radius 2 is 1.87 bits per heavy atom. The minimum absolute atomic E-state index is 0.00457. The molecule has 4 N–H and O–H groups in total. The van der Waals surface area contributed by atoms with Crippen molar-refractivity contribution in [2.45, 2.75) is 45.3 Å². The molecule has 0 radical (unpaired) electrons. The molecule has 2 aliphatic rings. The molecule has 4 rings (SSSR count). The highest BCUT2D eigenvalue weighted by Crippen LogP contribution is 2.36. The molecule has 2 aromatic carbocycles. The maximum atomic E-state index is 13.9. The van der Waals surface area contributed by atoms with Crippen LogP contribution in [0.2, 0.25) is 0 Å². The Bertz CT molecular complexity index is 1250. The summed E-state index contributed by atoms with van der Waals surface area (Å²) in [6.07, 6.45) is 2.39. The van der Waals surface area contributed by atoms with E-state index in [1.54, 1.807) is 18.2 Å². The number of hydrogen-bond donors (Lipinski definition) is 4. The first-order chi connectivity index (χ1) is 18.5. The fourth-order valence-electron chi connectivity index (χ4n) is 4.19. The van der Waals surface area contributed by atoms with E-state index in [1.807, 2.05) is 26.0 Å². The van der Waals surface area contributed by atoms with E-state index in [0.29, 0.717) is 36.6 Å². The second-order valence-corrected chi connectivity index (χ2v) is 9.44. The third kappa shape index (κ3) is 8.45. The molecule has 208 valence electrons. The SMILES string of the molecule is CC(C)NCC(O)COc1ccccc1N1N=C2c3cc(F)ccc3CCC2CC1=O.O=C(O)/C=C\C(=O)O. The molecule has 2 aromatic rings. The third-order valence-electron chi connectivity index (χ3n) is 6.02. The monoisotopic (exact) mass is 541 g/mol. The molecule has 1 heterocycles. The van der Waals surface area contributed by atoms with Gasteiger partial charge in [-0.15, -0.1) is 0 Å². The van der Waals surface area contributed by atoms with Gasteiger partial charge in [-0.05, 0) is 42.7 Å². The number of hydrogen-bond acceptors (Lipinski definition) is 7. The number of aliphatic carboxylic acids is 2. The highest BCUT2D eigenvalue weighted by Gasteiger charge is 2.35. The first-order valence-electron chi connectivity index (χ1n) is 12.5. The van der Waals surface area contributed by atoms with E-state index in [4.69, 9.17) is 14.9 Å². The summed E-state index contributed by atoms with van der Waals surface area (Å²) in [4.78, 5) is 32.0. The molecule has 0 bridgehead atoms. The number of anilines is 1. The Hall–Kier alpha value is -4.09. The van der Waals surface area contributed by atoms with Crippen LogP contribution >= 0.6 is 0 Å². The zero-order valence-electron chi connectivity index (χ0n) is 21.7. The second-order valence-electron chi connectivity index (χ2n) is 9.44. The number of carbonyl (C=O) groups excluding carboxylic acids is 1. The predicted molar refractivity (Wildman–Crippen MR) is 142 cm³/mol. The van der Waals surface area contributed by atoms with Crippen LogP contribution in [0.15, 0.2) is 59.7 Å². The van der Waals surface area contributed by atoms with E-state index >= 15 is 0 Å². The van der Waals surface area contributed by atoms with Gasteiger partial charge in [0.1, 0.15) is 30.0 Å². The zero-order chi connectivity index (χ0) is 28.5.